The molecule has 0 bridgehead atoms. The highest BCUT2D eigenvalue weighted by molar-refractivity contribution is 5.89. The van der Waals surface area contributed by atoms with Gasteiger partial charge in [0.2, 0.25) is 0 Å². The maximum Gasteiger partial charge on any atom is 0.187 e. The van der Waals surface area contributed by atoms with Crippen molar-refractivity contribution in [2.45, 2.75) is 12.5 Å². The van der Waals surface area contributed by atoms with Crippen LogP contribution >= 0.6 is 0 Å². The van der Waals surface area contributed by atoms with Crippen LogP contribution in [0.5, 0.6) is 11.5 Å². The van der Waals surface area contributed by atoms with Crippen molar-refractivity contribution in [3.05, 3.63) is 95.7 Å². The number of benzene rings is 3. The fourth-order valence-electron chi connectivity index (χ4n) is 3.36. The average Bonchev–Trinajstić information content (AvgIpc) is 3.13. The van der Waals surface area contributed by atoms with Gasteiger partial charge in [0, 0.05) is 18.3 Å². The molecule has 0 unspecified atom stereocenters. The summed E-state index contributed by atoms with van der Waals surface area (Å²) in [5, 5.41) is 20.0. The van der Waals surface area contributed by atoms with Crippen molar-refractivity contribution in [3.8, 4) is 17.2 Å². The molecule has 0 aliphatic heterocycles. The van der Waals surface area contributed by atoms with E-state index in [9.17, 15) is 14.6 Å². The molecule has 0 radical (unpaired) electrons. The molecule has 0 saturated carbocycles. The lowest BCUT2D eigenvalue weighted by Crippen LogP contribution is -2.14. The maximum absolute atomic E-state index is 13.0. The van der Waals surface area contributed by atoms with Gasteiger partial charge < -0.3 is 19.5 Å². The number of halogens is 1. The first-order valence-corrected chi connectivity index (χ1v) is 9.41. The monoisotopic (exact) mass is 402 g/mol. The largest absolute Gasteiger partial charge is 0.457 e. The van der Waals surface area contributed by atoms with Gasteiger partial charge in [0.15, 0.2) is 5.69 Å². The number of rotatable bonds is 6. The molecule has 4 aromatic rings. The highest BCUT2D eigenvalue weighted by Gasteiger charge is 2.14. The summed E-state index contributed by atoms with van der Waals surface area (Å²) in [6.45, 7) is 6.93. The van der Waals surface area contributed by atoms with E-state index in [-0.39, 0.29) is 18.8 Å². The van der Waals surface area contributed by atoms with Gasteiger partial charge in [0.1, 0.15) is 17.3 Å². The van der Waals surface area contributed by atoms with E-state index in [1.165, 1.54) is 12.1 Å². The number of aliphatic hydroxyl groups is 2. The Kier molecular flexibility index (Phi) is 5.48. The molecule has 4 rings (SSSR count). The SMILES string of the molecule is [C-]#[N+]c1ccc2c(c1)c(C[C@H](O)CO)cn2-c1ccc(Oc2ccc(F)cc2)cc1. The van der Waals surface area contributed by atoms with Crippen molar-refractivity contribution in [2.24, 2.45) is 0 Å². The minimum Gasteiger partial charge on any atom is -0.457 e. The number of nitrogens with zero attached hydrogens (tertiary/aromatic N) is 2. The summed E-state index contributed by atoms with van der Waals surface area (Å²) < 4.78 is 20.8. The summed E-state index contributed by atoms with van der Waals surface area (Å²) in [6.07, 6.45) is 1.33. The predicted molar refractivity (Wildman–Crippen MR) is 113 cm³/mol. The highest BCUT2D eigenvalue weighted by atomic mass is 19.1. The molecule has 0 saturated heterocycles. The number of aromatic nitrogens is 1. The van der Waals surface area contributed by atoms with E-state index in [4.69, 9.17) is 11.3 Å². The molecule has 1 heterocycles. The fourth-order valence-corrected chi connectivity index (χ4v) is 3.36. The summed E-state index contributed by atoms with van der Waals surface area (Å²) in [7, 11) is 0. The molecule has 6 heteroatoms. The molecule has 0 aliphatic rings. The fraction of sp³-hybridized carbons (Fsp3) is 0.125. The van der Waals surface area contributed by atoms with E-state index in [1.807, 2.05) is 41.1 Å². The molecule has 30 heavy (non-hydrogen) atoms. The number of fused-ring (bicyclic) bond motifs is 1. The van der Waals surface area contributed by atoms with E-state index in [0.29, 0.717) is 17.2 Å². The number of aliphatic hydroxyl groups excluding tert-OH is 2. The van der Waals surface area contributed by atoms with Crippen LogP contribution in [-0.2, 0) is 6.42 Å². The molecule has 1 atom stereocenters. The summed E-state index contributed by atoms with van der Waals surface area (Å²) >= 11 is 0. The van der Waals surface area contributed by atoms with Crippen LogP contribution in [0, 0.1) is 12.4 Å². The van der Waals surface area contributed by atoms with Gasteiger partial charge in [-0.1, -0.05) is 6.07 Å². The van der Waals surface area contributed by atoms with Crippen LogP contribution in [0.1, 0.15) is 5.56 Å². The first-order valence-electron chi connectivity index (χ1n) is 9.41. The van der Waals surface area contributed by atoms with Crippen LogP contribution in [0.2, 0.25) is 0 Å². The zero-order chi connectivity index (χ0) is 21.1. The first-order chi connectivity index (χ1) is 14.6. The van der Waals surface area contributed by atoms with Gasteiger partial charge in [-0.15, -0.1) is 0 Å². The second-order valence-corrected chi connectivity index (χ2v) is 6.93. The van der Waals surface area contributed by atoms with Gasteiger partial charge in [-0.25, -0.2) is 9.24 Å². The second-order valence-electron chi connectivity index (χ2n) is 6.93. The number of ether oxygens (including phenoxy) is 1. The first kappa shape index (κ1) is 19.6. The molecule has 0 aliphatic carbocycles. The lowest BCUT2D eigenvalue weighted by molar-refractivity contribution is 0.0957. The van der Waals surface area contributed by atoms with Gasteiger partial charge in [-0.05, 0) is 71.6 Å². The number of hydrogen-bond donors (Lipinski definition) is 2. The zero-order valence-corrected chi connectivity index (χ0v) is 16.0. The quantitative estimate of drug-likeness (QED) is 0.446. The Labute approximate surface area is 173 Å². The molecule has 3 aromatic carbocycles. The van der Waals surface area contributed by atoms with Crippen LogP contribution in [-0.4, -0.2) is 27.5 Å². The standard InChI is InChI=1S/C24H19FN2O3/c1-26-18-4-11-24-23(13-18)16(12-20(29)15-28)14-27(24)19-5-9-22(10-6-19)30-21-7-2-17(25)3-8-21/h2-11,13-14,20,28-29H,12,15H2/t20-/m0/s1. The average molecular weight is 402 g/mol. The zero-order valence-electron chi connectivity index (χ0n) is 16.0. The van der Waals surface area contributed by atoms with Crippen molar-refractivity contribution < 1.29 is 19.3 Å². The Morgan fingerprint density at radius 2 is 1.67 bits per heavy atom. The molecule has 0 amide bonds. The van der Waals surface area contributed by atoms with Crippen molar-refractivity contribution in [1.29, 1.82) is 0 Å². The molecular weight excluding hydrogens is 383 g/mol. The summed E-state index contributed by atoms with van der Waals surface area (Å²) in [5.74, 6) is 0.844. The third-order valence-corrected chi connectivity index (χ3v) is 4.83. The van der Waals surface area contributed by atoms with Gasteiger partial charge >= 0.3 is 0 Å². The van der Waals surface area contributed by atoms with Crippen LogP contribution < -0.4 is 4.74 Å². The van der Waals surface area contributed by atoms with Gasteiger partial charge in [0.05, 0.1) is 24.8 Å². The van der Waals surface area contributed by atoms with Crippen LogP contribution in [0.25, 0.3) is 21.4 Å². The maximum atomic E-state index is 13.0. The van der Waals surface area contributed by atoms with Gasteiger partial charge in [0.25, 0.3) is 0 Å². The second kappa shape index (κ2) is 8.37. The van der Waals surface area contributed by atoms with Crippen LogP contribution in [0.4, 0.5) is 10.1 Å². The van der Waals surface area contributed by atoms with Crippen molar-refractivity contribution in [2.75, 3.05) is 6.61 Å². The summed E-state index contributed by atoms with van der Waals surface area (Å²) in [5.41, 5.74) is 3.15. The Bertz CT molecular complexity index is 1210. The molecule has 2 N–H and O–H groups in total. The Morgan fingerprint density at radius 3 is 2.30 bits per heavy atom. The third-order valence-electron chi connectivity index (χ3n) is 4.83. The van der Waals surface area contributed by atoms with Crippen molar-refractivity contribution >= 4 is 16.6 Å². The topological polar surface area (TPSA) is 59.0 Å². The molecule has 5 nitrogen and oxygen atoms in total. The summed E-state index contributed by atoms with van der Waals surface area (Å²) in [4.78, 5) is 3.49. The smallest absolute Gasteiger partial charge is 0.187 e. The number of hydrogen-bond acceptors (Lipinski definition) is 3. The molecular formula is C24H19FN2O3. The minimum absolute atomic E-state index is 0.285. The Hall–Kier alpha value is -3.66. The Morgan fingerprint density at radius 1 is 1.00 bits per heavy atom. The lowest BCUT2D eigenvalue weighted by Gasteiger charge is -2.09. The highest BCUT2D eigenvalue weighted by Crippen LogP contribution is 2.31. The van der Waals surface area contributed by atoms with Gasteiger partial charge in [-0.3, -0.25) is 0 Å². The summed E-state index contributed by atoms with van der Waals surface area (Å²) in [6, 6.07) is 18.7. The molecule has 150 valence electrons. The van der Waals surface area contributed by atoms with E-state index >= 15 is 0 Å². The van der Waals surface area contributed by atoms with Crippen LogP contribution in [0.3, 0.4) is 0 Å². The van der Waals surface area contributed by atoms with E-state index in [1.54, 1.807) is 24.3 Å². The van der Waals surface area contributed by atoms with Crippen molar-refractivity contribution in [1.82, 2.24) is 4.57 Å². The Balaban J connectivity index is 1.68. The van der Waals surface area contributed by atoms with E-state index in [2.05, 4.69) is 4.85 Å². The molecule has 0 spiro atoms. The normalized spacial score (nSPS) is 11.9. The van der Waals surface area contributed by atoms with Crippen LogP contribution in [0.15, 0.2) is 72.9 Å². The van der Waals surface area contributed by atoms with Crippen molar-refractivity contribution in [3.63, 3.8) is 0 Å². The molecule has 1 aromatic heterocycles. The minimum atomic E-state index is -0.868. The lowest BCUT2D eigenvalue weighted by atomic mass is 10.1. The van der Waals surface area contributed by atoms with E-state index in [0.717, 1.165) is 22.2 Å². The predicted octanol–water partition coefficient (Wildman–Crippen LogP) is 5.01. The van der Waals surface area contributed by atoms with Gasteiger partial charge in [-0.2, -0.15) is 0 Å². The van der Waals surface area contributed by atoms with E-state index < -0.39 is 6.10 Å². The third kappa shape index (κ3) is 4.03. The molecule has 0 fully saturated rings.